The fraction of sp³-hybridized carbons (Fsp3) is 0.833. The largest absolute Gasteiger partial charge is 0.379 e. The second kappa shape index (κ2) is 8.01. The average Bonchev–Trinajstić information content (AvgIpc) is 2.25. The van der Waals surface area contributed by atoms with E-state index in [9.17, 15) is 0 Å². The zero-order valence-electron chi connectivity index (χ0n) is 9.21. The Hall–Kier alpha value is -0.340. The van der Waals surface area contributed by atoms with Crippen molar-refractivity contribution >= 4 is 0 Å². The number of allylic oxidation sites excluding steroid dienone is 1. The van der Waals surface area contributed by atoms with Gasteiger partial charge in [-0.25, -0.2) is 0 Å². The van der Waals surface area contributed by atoms with Gasteiger partial charge in [0.05, 0.1) is 13.2 Å². The summed E-state index contributed by atoms with van der Waals surface area (Å²) in [5, 5.41) is 0. The van der Waals surface area contributed by atoms with Crippen molar-refractivity contribution in [3.8, 4) is 0 Å². The van der Waals surface area contributed by atoms with Crippen molar-refractivity contribution < 1.29 is 4.74 Å². The smallest absolute Gasteiger partial charge is 0.0594 e. The first-order chi connectivity index (χ1) is 6.93. The Morgan fingerprint density at radius 2 is 1.79 bits per heavy atom. The number of unbranched alkanes of at least 4 members (excludes halogenated alkanes) is 4. The van der Waals surface area contributed by atoms with Crippen LogP contribution in [0.25, 0.3) is 0 Å². The number of hydrogen-bond acceptors (Lipinski definition) is 2. The monoisotopic (exact) mass is 197 g/mol. The number of rotatable bonds is 7. The molecule has 1 saturated heterocycles. The van der Waals surface area contributed by atoms with Gasteiger partial charge in [0.2, 0.25) is 0 Å². The lowest BCUT2D eigenvalue weighted by molar-refractivity contribution is 0.0371. The molecule has 0 bridgehead atoms. The molecule has 2 nitrogen and oxygen atoms in total. The molecule has 2 heteroatoms. The molecule has 0 spiro atoms. The molecule has 1 rings (SSSR count). The predicted octanol–water partition coefficient (Wildman–Crippen LogP) is 2.46. The standard InChI is InChI=1S/C12H23NO/c1-2-3-4-5-6-7-8-13-9-11-14-12-10-13/h2H,1,3-12H2. The van der Waals surface area contributed by atoms with E-state index in [-0.39, 0.29) is 0 Å². The van der Waals surface area contributed by atoms with Gasteiger partial charge in [-0.2, -0.15) is 0 Å². The Morgan fingerprint density at radius 1 is 1.07 bits per heavy atom. The quantitative estimate of drug-likeness (QED) is 0.459. The van der Waals surface area contributed by atoms with Gasteiger partial charge in [0.25, 0.3) is 0 Å². The van der Waals surface area contributed by atoms with Crippen molar-refractivity contribution in [1.29, 1.82) is 0 Å². The third-order valence-electron chi connectivity index (χ3n) is 2.74. The summed E-state index contributed by atoms with van der Waals surface area (Å²) in [6.45, 7) is 9.11. The topological polar surface area (TPSA) is 12.5 Å². The van der Waals surface area contributed by atoms with Crippen molar-refractivity contribution in [3.05, 3.63) is 12.7 Å². The van der Waals surface area contributed by atoms with Crippen LogP contribution in [0.3, 0.4) is 0 Å². The van der Waals surface area contributed by atoms with Crippen LogP contribution in [0.4, 0.5) is 0 Å². The van der Waals surface area contributed by atoms with Crippen LogP contribution in [-0.2, 0) is 4.74 Å². The van der Waals surface area contributed by atoms with Crippen molar-refractivity contribution in [2.24, 2.45) is 0 Å². The molecule has 0 atom stereocenters. The number of morpholine rings is 1. The maximum atomic E-state index is 5.31. The molecule has 1 heterocycles. The van der Waals surface area contributed by atoms with Crippen molar-refractivity contribution in [2.45, 2.75) is 32.1 Å². The molecule has 0 N–H and O–H groups in total. The van der Waals surface area contributed by atoms with Gasteiger partial charge in [0.1, 0.15) is 0 Å². The fourth-order valence-corrected chi connectivity index (χ4v) is 1.80. The van der Waals surface area contributed by atoms with Gasteiger partial charge < -0.3 is 4.74 Å². The molecule has 1 aliphatic heterocycles. The van der Waals surface area contributed by atoms with Crippen molar-refractivity contribution in [1.82, 2.24) is 4.90 Å². The minimum absolute atomic E-state index is 0.927. The van der Waals surface area contributed by atoms with Crippen molar-refractivity contribution in [3.63, 3.8) is 0 Å². The van der Waals surface area contributed by atoms with E-state index in [0.29, 0.717) is 0 Å². The molecular formula is C12H23NO. The second-order valence-electron chi connectivity index (χ2n) is 3.95. The zero-order chi connectivity index (χ0) is 10.1. The fourth-order valence-electron chi connectivity index (χ4n) is 1.80. The first kappa shape index (κ1) is 11.7. The van der Waals surface area contributed by atoms with Crippen LogP contribution in [0.5, 0.6) is 0 Å². The highest BCUT2D eigenvalue weighted by molar-refractivity contribution is 4.66. The number of hydrogen-bond donors (Lipinski definition) is 0. The van der Waals surface area contributed by atoms with Gasteiger partial charge in [0.15, 0.2) is 0 Å². The van der Waals surface area contributed by atoms with E-state index >= 15 is 0 Å². The highest BCUT2D eigenvalue weighted by atomic mass is 16.5. The van der Waals surface area contributed by atoms with E-state index in [4.69, 9.17) is 4.74 Å². The minimum atomic E-state index is 0.927. The first-order valence-corrected chi connectivity index (χ1v) is 5.84. The Kier molecular flexibility index (Phi) is 6.71. The first-order valence-electron chi connectivity index (χ1n) is 5.84. The number of ether oxygens (including phenoxy) is 1. The lowest BCUT2D eigenvalue weighted by Crippen LogP contribution is -2.36. The summed E-state index contributed by atoms with van der Waals surface area (Å²) in [6.07, 6.45) is 8.57. The Morgan fingerprint density at radius 3 is 2.50 bits per heavy atom. The lowest BCUT2D eigenvalue weighted by Gasteiger charge is -2.26. The van der Waals surface area contributed by atoms with Crippen molar-refractivity contribution in [2.75, 3.05) is 32.8 Å². The molecule has 0 amide bonds. The molecule has 0 aliphatic carbocycles. The Bertz CT molecular complexity index is 141. The zero-order valence-corrected chi connectivity index (χ0v) is 9.21. The molecule has 0 unspecified atom stereocenters. The molecule has 0 aromatic carbocycles. The van der Waals surface area contributed by atoms with E-state index in [1.54, 1.807) is 0 Å². The van der Waals surface area contributed by atoms with E-state index in [1.165, 1.54) is 38.6 Å². The van der Waals surface area contributed by atoms with E-state index in [1.807, 2.05) is 6.08 Å². The molecule has 1 aliphatic rings. The third kappa shape index (κ3) is 5.40. The van der Waals surface area contributed by atoms with Crippen LogP contribution in [0, 0.1) is 0 Å². The third-order valence-corrected chi connectivity index (χ3v) is 2.74. The molecule has 82 valence electrons. The van der Waals surface area contributed by atoms with E-state index in [2.05, 4.69) is 11.5 Å². The summed E-state index contributed by atoms with van der Waals surface area (Å²) < 4.78 is 5.31. The van der Waals surface area contributed by atoms with Crippen LogP contribution in [0.15, 0.2) is 12.7 Å². The minimum Gasteiger partial charge on any atom is -0.379 e. The van der Waals surface area contributed by atoms with Crippen LogP contribution in [0.1, 0.15) is 32.1 Å². The maximum absolute atomic E-state index is 5.31. The molecule has 0 aromatic heterocycles. The van der Waals surface area contributed by atoms with E-state index < -0.39 is 0 Å². The van der Waals surface area contributed by atoms with Gasteiger partial charge in [0, 0.05) is 13.1 Å². The van der Waals surface area contributed by atoms with Gasteiger partial charge >= 0.3 is 0 Å². The molecular weight excluding hydrogens is 174 g/mol. The second-order valence-corrected chi connectivity index (χ2v) is 3.95. The van der Waals surface area contributed by atoms with Crippen LogP contribution >= 0.6 is 0 Å². The SMILES string of the molecule is C=CCCCCCCN1CCOCC1. The van der Waals surface area contributed by atoms with E-state index in [0.717, 1.165) is 26.3 Å². The Balaban J connectivity index is 1.85. The predicted molar refractivity (Wildman–Crippen MR) is 60.5 cm³/mol. The van der Waals surface area contributed by atoms with Crippen LogP contribution in [0.2, 0.25) is 0 Å². The highest BCUT2D eigenvalue weighted by Gasteiger charge is 2.08. The average molecular weight is 197 g/mol. The number of nitrogens with zero attached hydrogens (tertiary/aromatic N) is 1. The summed E-state index contributed by atoms with van der Waals surface area (Å²) in [4.78, 5) is 2.51. The summed E-state index contributed by atoms with van der Waals surface area (Å²) in [5.74, 6) is 0. The summed E-state index contributed by atoms with van der Waals surface area (Å²) in [5.41, 5.74) is 0. The van der Waals surface area contributed by atoms with Crippen LogP contribution in [-0.4, -0.2) is 37.7 Å². The molecule has 14 heavy (non-hydrogen) atoms. The molecule has 0 saturated carbocycles. The summed E-state index contributed by atoms with van der Waals surface area (Å²) >= 11 is 0. The normalized spacial score (nSPS) is 18.3. The van der Waals surface area contributed by atoms with Gasteiger partial charge in [-0.3, -0.25) is 4.90 Å². The van der Waals surface area contributed by atoms with Gasteiger partial charge in [-0.1, -0.05) is 18.9 Å². The Labute approximate surface area is 87.9 Å². The highest BCUT2D eigenvalue weighted by Crippen LogP contribution is 2.05. The molecule has 0 radical (unpaired) electrons. The van der Waals surface area contributed by atoms with Gasteiger partial charge in [-0.05, 0) is 25.8 Å². The maximum Gasteiger partial charge on any atom is 0.0594 e. The lowest BCUT2D eigenvalue weighted by atomic mass is 10.1. The molecule has 1 fully saturated rings. The van der Waals surface area contributed by atoms with Crippen LogP contribution < -0.4 is 0 Å². The van der Waals surface area contributed by atoms with Gasteiger partial charge in [-0.15, -0.1) is 6.58 Å². The summed E-state index contributed by atoms with van der Waals surface area (Å²) in [7, 11) is 0. The molecule has 0 aromatic rings. The summed E-state index contributed by atoms with van der Waals surface area (Å²) in [6, 6.07) is 0.